The quantitative estimate of drug-likeness (QED) is 0.688. The molecular formula is C22H25N5O4S. The molecule has 0 spiro atoms. The number of anilines is 1. The monoisotopic (exact) mass is 455 g/mol. The molecule has 3 amide bonds. The molecule has 1 aromatic heterocycles. The average Bonchev–Trinajstić information content (AvgIpc) is 3.49. The van der Waals surface area contributed by atoms with E-state index in [2.05, 4.69) is 25.7 Å². The normalized spacial score (nSPS) is 18.1. The molecule has 32 heavy (non-hydrogen) atoms. The molecule has 0 radical (unpaired) electrons. The van der Waals surface area contributed by atoms with Gasteiger partial charge in [-0.3, -0.25) is 14.4 Å². The van der Waals surface area contributed by atoms with Crippen LogP contribution >= 0.6 is 11.8 Å². The van der Waals surface area contributed by atoms with Crippen molar-refractivity contribution in [3.05, 3.63) is 46.8 Å². The van der Waals surface area contributed by atoms with Gasteiger partial charge in [-0.1, -0.05) is 16.9 Å². The lowest BCUT2D eigenvalue weighted by molar-refractivity contribution is -0.121. The lowest BCUT2D eigenvalue weighted by atomic mass is 10.1. The molecule has 2 aliphatic heterocycles. The van der Waals surface area contributed by atoms with Crippen molar-refractivity contribution in [3.8, 4) is 0 Å². The molecule has 1 fully saturated rings. The van der Waals surface area contributed by atoms with Crippen molar-refractivity contribution in [2.45, 2.75) is 44.9 Å². The summed E-state index contributed by atoms with van der Waals surface area (Å²) in [6, 6.07) is 6.61. The van der Waals surface area contributed by atoms with E-state index in [1.165, 1.54) is 11.8 Å². The fraction of sp³-hybridized carbons (Fsp3) is 0.409. The zero-order chi connectivity index (χ0) is 22.7. The summed E-state index contributed by atoms with van der Waals surface area (Å²) in [7, 11) is 0. The molecule has 2 aromatic rings. The minimum Gasteiger partial charge on any atom is -0.361 e. The summed E-state index contributed by atoms with van der Waals surface area (Å²) < 4.78 is 5.10. The second-order valence-electron chi connectivity index (χ2n) is 7.85. The number of amides is 3. The average molecular weight is 456 g/mol. The summed E-state index contributed by atoms with van der Waals surface area (Å²) in [6.07, 6.45) is 2.27. The van der Waals surface area contributed by atoms with Crippen LogP contribution in [0.5, 0.6) is 0 Å². The Morgan fingerprint density at radius 2 is 1.91 bits per heavy atom. The fourth-order valence-corrected chi connectivity index (χ4v) is 4.78. The first-order valence-corrected chi connectivity index (χ1v) is 11.4. The third-order valence-electron chi connectivity index (χ3n) is 5.51. The van der Waals surface area contributed by atoms with Gasteiger partial charge in [0, 0.05) is 42.9 Å². The van der Waals surface area contributed by atoms with E-state index in [0.29, 0.717) is 23.6 Å². The van der Waals surface area contributed by atoms with Crippen LogP contribution in [0.2, 0.25) is 0 Å². The van der Waals surface area contributed by atoms with Crippen LogP contribution in [0.1, 0.15) is 46.6 Å². The van der Waals surface area contributed by atoms with Crippen molar-refractivity contribution in [1.82, 2.24) is 15.4 Å². The highest BCUT2D eigenvalue weighted by molar-refractivity contribution is 8.15. The van der Waals surface area contributed by atoms with Gasteiger partial charge in [-0.15, -0.1) is 0 Å². The number of aromatic nitrogens is 1. The number of carbonyl (C=O) groups is 3. The zero-order valence-electron chi connectivity index (χ0n) is 18.0. The number of hydrogen-bond donors (Lipinski definition) is 2. The van der Waals surface area contributed by atoms with Crippen LogP contribution in [0.15, 0.2) is 33.8 Å². The molecule has 4 rings (SSSR count). The van der Waals surface area contributed by atoms with Gasteiger partial charge in [0.15, 0.2) is 5.17 Å². The van der Waals surface area contributed by atoms with E-state index in [4.69, 9.17) is 4.52 Å². The van der Waals surface area contributed by atoms with E-state index in [9.17, 15) is 14.4 Å². The Hall–Kier alpha value is -3.14. The maximum absolute atomic E-state index is 12.4. The van der Waals surface area contributed by atoms with Gasteiger partial charge in [0.25, 0.3) is 11.8 Å². The Morgan fingerprint density at radius 3 is 2.56 bits per heavy atom. The highest BCUT2D eigenvalue weighted by atomic mass is 32.2. The molecule has 1 unspecified atom stereocenters. The van der Waals surface area contributed by atoms with Crippen molar-refractivity contribution < 1.29 is 18.9 Å². The fourth-order valence-electron chi connectivity index (χ4n) is 3.66. The van der Waals surface area contributed by atoms with Gasteiger partial charge in [0.2, 0.25) is 5.91 Å². The highest BCUT2D eigenvalue weighted by Gasteiger charge is 2.33. The number of nitrogens with zero attached hydrogens (tertiary/aromatic N) is 3. The van der Waals surface area contributed by atoms with Gasteiger partial charge in [0.05, 0.1) is 5.69 Å². The molecule has 1 aromatic carbocycles. The standard InChI is InChI=1S/C22H25N5O4S/c1-13-17(14(2)31-26-13)12-23-20(29)15-5-7-16(8-6-15)24-19(28)11-18-21(30)25-22(32-18)27-9-3-4-10-27/h5-8,18H,3-4,9-12H2,1-2H3,(H,23,29)(H,24,28). The predicted octanol–water partition coefficient (Wildman–Crippen LogP) is 2.64. The van der Waals surface area contributed by atoms with Gasteiger partial charge in [-0.2, -0.15) is 4.99 Å². The molecule has 3 heterocycles. The van der Waals surface area contributed by atoms with Crippen molar-refractivity contribution in [3.63, 3.8) is 0 Å². The second-order valence-corrected chi connectivity index (χ2v) is 9.02. The van der Waals surface area contributed by atoms with Gasteiger partial charge >= 0.3 is 0 Å². The summed E-state index contributed by atoms with van der Waals surface area (Å²) >= 11 is 1.37. The number of aliphatic imine (C=N–C) groups is 1. The maximum atomic E-state index is 12.4. The first-order valence-electron chi connectivity index (χ1n) is 10.5. The van der Waals surface area contributed by atoms with Crippen LogP contribution in [0.4, 0.5) is 5.69 Å². The molecule has 10 heteroatoms. The van der Waals surface area contributed by atoms with Crippen LogP contribution in [-0.2, 0) is 16.1 Å². The molecule has 168 valence electrons. The van der Waals surface area contributed by atoms with Crippen molar-refractivity contribution in [2.24, 2.45) is 4.99 Å². The zero-order valence-corrected chi connectivity index (χ0v) is 18.8. The van der Waals surface area contributed by atoms with E-state index in [1.54, 1.807) is 31.2 Å². The van der Waals surface area contributed by atoms with Crippen LogP contribution in [0.3, 0.4) is 0 Å². The van der Waals surface area contributed by atoms with Gasteiger partial charge in [-0.25, -0.2) is 0 Å². The molecule has 0 aliphatic carbocycles. The Morgan fingerprint density at radius 1 is 1.19 bits per heavy atom. The Labute approximate surface area is 190 Å². The van der Waals surface area contributed by atoms with Crippen LogP contribution in [-0.4, -0.2) is 51.3 Å². The molecule has 9 nitrogen and oxygen atoms in total. The highest BCUT2D eigenvalue weighted by Crippen LogP contribution is 2.29. The van der Waals surface area contributed by atoms with Crippen molar-refractivity contribution in [2.75, 3.05) is 18.4 Å². The van der Waals surface area contributed by atoms with E-state index in [0.717, 1.165) is 42.4 Å². The molecule has 0 saturated carbocycles. The van der Waals surface area contributed by atoms with Crippen LogP contribution < -0.4 is 10.6 Å². The number of thioether (sulfide) groups is 1. The number of carbonyl (C=O) groups excluding carboxylic acids is 3. The van der Waals surface area contributed by atoms with Crippen LogP contribution in [0.25, 0.3) is 0 Å². The maximum Gasteiger partial charge on any atom is 0.262 e. The minimum atomic E-state index is -0.486. The number of amidine groups is 1. The smallest absolute Gasteiger partial charge is 0.262 e. The second kappa shape index (κ2) is 9.56. The third-order valence-corrected chi connectivity index (χ3v) is 6.73. The summed E-state index contributed by atoms with van der Waals surface area (Å²) in [5.74, 6) is -0.0677. The van der Waals surface area contributed by atoms with Crippen molar-refractivity contribution >= 4 is 40.3 Å². The SMILES string of the molecule is Cc1noc(C)c1CNC(=O)c1ccc(NC(=O)CC2SC(N3CCCC3)=NC2=O)cc1. The lowest BCUT2D eigenvalue weighted by Crippen LogP contribution is -2.25. The van der Waals surface area contributed by atoms with E-state index in [1.807, 2.05) is 6.92 Å². The topological polar surface area (TPSA) is 117 Å². The minimum absolute atomic E-state index is 0.0595. The number of nitrogens with one attached hydrogen (secondary N) is 2. The molecule has 1 atom stereocenters. The van der Waals surface area contributed by atoms with Crippen molar-refractivity contribution in [1.29, 1.82) is 0 Å². The summed E-state index contributed by atoms with van der Waals surface area (Å²) in [5, 5.41) is 9.75. The Balaban J connectivity index is 1.26. The van der Waals surface area contributed by atoms with Gasteiger partial charge in [-0.05, 0) is 51.0 Å². The first kappa shape index (κ1) is 22.1. The lowest BCUT2D eigenvalue weighted by Gasteiger charge is -2.16. The van der Waals surface area contributed by atoms with E-state index in [-0.39, 0.29) is 24.1 Å². The molecular weight excluding hydrogens is 430 g/mol. The molecule has 2 N–H and O–H groups in total. The number of likely N-dealkylation sites (tertiary alicyclic amines) is 1. The summed E-state index contributed by atoms with van der Waals surface area (Å²) in [4.78, 5) is 43.2. The Bertz CT molecular complexity index is 1040. The number of hydrogen-bond acceptors (Lipinski definition) is 7. The Kier molecular flexibility index (Phi) is 6.59. The first-order chi connectivity index (χ1) is 15.4. The van der Waals surface area contributed by atoms with Crippen LogP contribution in [0, 0.1) is 13.8 Å². The molecule has 1 saturated heterocycles. The van der Waals surface area contributed by atoms with E-state index >= 15 is 0 Å². The summed E-state index contributed by atoms with van der Waals surface area (Å²) in [6.45, 7) is 5.78. The number of benzene rings is 1. The van der Waals surface area contributed by atoms with Gasteiger partial charge in [0.1, 0.15) is 11.0 Å². The third kappa shape index (κ3) is 5.01. The summed E-state index contributed by atoms with van der Waals surface area (Å²) in [5.41, 5.74) is 2.64. The molecule has 2 aliphatic rings. The molecule has 0 bridgehead atoms. The van der Waals surface area contributed by atoms with Gasteiger partial charge < -0.3 is 20.1 Å². The number of rotatable bonds is 6. The largest absolute Gasteiger partial charge is 0.361 e. The number of aryl methyl sites for hydroxylation is 2. The predicted molar refractivity (Wildman–Crippen MR) is 121 cm³/mol. The van der Waals surface area contributed by atoms with E-state index < -0.39 is 5.25 Å².